The molecule has 0 saturated carbocycles. The summed E-state index contributed by atoms with van der Waals surface area (Å²) in [6, 6.07) is 15.6. The minimum Gasteiger partial charge on any atom is -0.352 e. The molecule has 0 aliphatic heterocycles. The van der Waals surface area contributed by atoms with Crippen molar-refractivity contribution in [1.82, 2.24) is 0 Å². The zero-order chi connectivity index (χ0) is 17.3. The summed E-state index contributed by atoms with van der Waals surface area (Å²) in [7, 11) is 0. The molecule has 0 heterocycles. The average molecular weight is 337 g/mol. The molecule has 3 aromatic rings. The van der Waals surface area contributed by atoms with Crippen LogP contribution in [0.25, 0.3) is 11.1 Å². The van der Waals surface area contributed by atoms with Gasteiger partial charge in [0, 0.05) is 10.6 Å². The highest BCUT2D eigenvalue weighted by Crippen LogP contribution is 2.29. The van der Waals surface area contributed by atoms with Crippen molar-refractivity contribution < 1.29 is 0 Å². The maximum atomic E-state index is 12.1. The molecule has 122 valence electrons. The van der Waals surface area contributed by atoms with E-state index in [-0.39, 0.29) is 0 Å². The highest BCUT2D eigenvalue weighted by Gasteiger charge is 2.22. The SMILES string of the molecule is CSc1cccc(Nc2c(-c3ccc(C(C)C)cc3)c(=O)c2=O)c1. The molecule has 0 aliphatic rings. The van der Waals surface area contributed by atoms with Gasteiger partial charge in [-0.15, -0.1) is 11.8 Å². The van der Waals surface area contributed by atoms with Gasteiger partial charge in [0.25, 0.3) is 5.43 Å². The van der Waals surface area contributed by atoms with Crippen LogP contribution in [0.3, 0.4) is 0 Å². The Kier molecular flexibility index (Phi) is 4.58. The van der Waals surface area contributed by atoms with E-state index in [2.05, 4.69) is 19.2 Å². The Hall–Kier alpha value is -2.33. The van der Waals surface area contributed by atoms with Gasteiger partial charge in [-0.1, -0.05) is 44.2 Å². The van der Waals surface area contributed by atoms with Crippen molar-refractivity contribution >= 4 is 23.1 Å². The number of rotatable bonds is 5. The number of hydrogen-bond acceptors (Lipinski definition) is 4. The summed E-state index contributed by atoms with van der Waals surface area (Å²) < 4.78 is 0. The first kappa shape index (κ1) is 16.5. The number of thioether (sulfide) groups is 1. The lowest BCUT2D eigenvalue weighted by molar-refractivity contribution is 0.867. The topological polar surface area (TPSA) is 46.2 Å². The molecule has 3 aromatic carbocycles. The predicted octanol–water partition coefficient (Wildman–Crippen LogP) is 4.54. The number of hydrogen-bond donors (Lipinski definition) is 1. The molecular weight excluding hydrogens is 318 g/mol. The second kappa shape index (κ2) is 6.65. The van der Waals surface area contributed by atoms with E-state index in [1.807, 2.05) is 54.8 Å². The Bertz CT molecular complexity index is 935. The highest BCUT2D eigenvalue weighted by molar-refractivity contribution is 7.98. The van der Waals surface area contributed by atoms with Gasteiger partial charge in [0.05, 0.1) is 5.56 Å². The van der Waals surface area contributed by atoms with E-state index in [0.717, 1.165) is 16.1 Å². The third-order valence-corrected chi connectivity index (χ3v) is 4.84. The fourth-order valence-electron chi connectivity index (χ4n) is 2.67. The minimum absolute atomic E-state index is 0.385. The summed E-state index contributed by atoms with van der Waals surface area (Å²) in [5, 5.41) is 3.12. The van der Waals surface area contributed by atoms with Crippen LogP contribution in [-0.4, -0.2) is 6.26 Å². The first-order valence-electron chi connectivity index (χ1n) is 7.86. The van der Waals surface area contributed by atoms with Crippen molar-refractivity contribution in [2.75, 3.05) is 11.6 Å². The van der Waals surface area contributed by atoms with Crippen LogP contribution in [0.4, 0.5) is 11.4 Å². The maximum absolute atomic E-state index is 12.1. The summed E-state index contributed by atoms with van der Waals surface area (Å²) in [4.78, 5) is 25.2. The minimum atomic E-state index is -0.451. The summed E-state index contributed by atoms with van der Waals surface area (Å²) in [5.41, 5.74) is 2.80. The second-order valence-electron chi connectivity index (χ2n) is 6.04. The van der Waals surface area contributed by atoms with Crippen LogP contribution in [0.5, 0.6) is 0 Å². The Morgan fingerprint density at radius 2 is 1.67 bits per heavy atom. The second-order valence-corrected chi connectivity index (χ2v) is 6.92. The molecule has 0 spiro atoms. The Labute approximate surface area is 145 Å². The maximum Gasteiger partial charge on any atom is 0.250 e. The van der Waals surface area contributed by atoms with E-state index in [4.69, 9.17) is 0 Å². The monoisotopic (exact) mass is 337 g/mol. The molecule has 0 saturated heterocycles. The first-order chi connectivity index (χ1) is 11.5. The summed E-state index contributed by atoms with van der Waals surface area (Å²) in [5.74, 6) is 0.429. The van der Waals surface area contributed by atoms with Gasteiger partial charge >= 0.3 is 0 Å². The molecule has 4 heteroatoms. The van der Waals surface area contributed by atoms with E-state index in [0.29, 0.717) is 17.2 Å². The fraction of sp³-hybridized carbons (Fsp3) is 0.200. The van der Waals surface area contributed by atoms with E-state index in [9.17, 15) is 9.59 Å². The Balaban J connectivity index is 1.95. The molecule has 1 N–H and O–H groups in total. The van der Waals surface area contributed by atoms with Crippen molar-refractivity contribution in [2.45, 2.75) is 24.7 Å². The number of benzene rings is 2. The third-order valence-electron chi connectivity index (χ3n) is 4.12. The lowest BCUT2D eigenvalue weighted by Crippen LogP contribution is -2.35. The molecular formula is C20H19NO2S. The molecule has 0 amide bonds. The van der Waals surface area contributed by atoms with Gasteiger partial charge in [0.2, 0.25) is 5.43 Å². The Morgan fingerprint density at radius 1 is 0.958 bits per heavy atom. The van der Waals surface area contributed by atoms with Crippen LogP contribution in [0.2, 0.25) is 0 Å². The molecule has 0 bridgehead atoms. The largest absolute Gasteiger partial charge is 0.352 e. The van der Waals surface area contributed by atoms with Crippen molar-refractivity contribution in [3.63, 3.8) is 0 Å². The van der Waals surface area contributed by atoms with E-state index in [1.165, 1.54) is 5.56 Å². The quantitative estimate of drug-likeness (QED) is 0.548. The summed E-state index contributed by atoms with van der Waals surface area (Å²) in [6.07, 6.45) is 2.00. The molecule has 0 aromatic heterocycles. The van der Waals surface area contributed by atoms with Gasteiger partial charge in [0.15, 0.2) is 0 Å². The van der Waals surface area contributed by atoms with Crippen LogP contribution < -0.4 is 16.2 Å². The first-order valence-corrected chi connectivity index (χ1v) is 9.08. The standard InChI is InChI=1S/C20H19NO2S/c1-12(2)13-7-9-14(10-8-13)17-18(20(23)19(17)22)21-15-5-4-6-16(11-15)24-3/h4-12,21H,1-3H3. The zero-order valence-corrected chi connectivity index (χ0v) is 14.7. The third kappa shape index (κ3) is 3.02. The van der Waals surface area contributed by atoms with Crippen LogP contribution in [-0.2, 0) is 0 Å². The number of nitrogens with one attached hydrogen (secondary N) is 1. The summed E-state index contributed by atoms with van der Waals surface area (Å²) in [6.45, 7) is 4.25. The lowest BCUT2D eigenvalue weighted by Gasteiger charge is -2.15. The molecule has 0 radical (unpaired) electrons. The van der Waals surface area contributed by atoms with Crippen molar-refractivity contribution in [3.05, 3.63) is 74.5 Å². The smallest absolute Gasteiger partial charge is 0.250 e. The molecule has 0 atom stereocenters. The molecule has 0 fully saturated rings. The van der Waals surface area contributed by atoms with Crippen LogP contribution >= 0.6 is 11.8 Å². The van der Waals surface area contributed by atoms with E-state index in [1.54, 1.807) is 11.8 Å². The summed E-state index contributed by atoms with van der Waals surface area (Å²) >= 11 is 1.63. The van der Waals surface area contributed by atoms with Crippen molar-refractivity contribution in [3.8, 4) is 11.1 Å². The van der Waals surface area contributed by atoms with Crippen LogP contribution in [0.15, 0.2) is 63.0 Å². The molecule has 0 aliphatic carbocycles. The van der Waals surface area contributed by atoms with E-state index >= 15 is 0 Å². The van der Waals surface area contributed by atoms with Gasteiger partial charge < -0.3 is 5.32 Å². The normalized spacial score (nSPS) is 11.2. The molecule has 24 heavy (non-hydrogen) atoms. The van der Waals surface area contributed by atoms with E-state index < -0.39 is 10.9 Å². The van der Waals surface area contributed by atoms with Gasteiger partial charge in [-0.05, 0) is 41.5 Å². The van der Waals surface area contributed by atoms with Crippen LogP contribution in [0, 0.1) is 0 Å². The average Bonchev–Trinajstić information content (AvgIpc) is 2.61. The zero-order valence-electron chi connectivity index (χ0n) is 13.9. The fourth-order valence-corrected chi connectivity index (χ4v) is 3.13. The molecule has 0 unspecified atom stereocenters. The van der Waals surface area contributed by atoms with Gasteiger partial charge in [-0.3, -0.25) is 9.59 Å². The lowest BCUT2D eigenvalue weighted by atomic mass is 9.95. The molecule has 3 nitrogen and oxygen atoms in total. The van der Waals surface area contributed by atoms with Gasteiger partial charge in [0.1, 0.15) is 5.69 Å². The van der Waals surface area contributed by atoms with Gasteiger partial charge in [-0.2, -0.15) is 0 Å². The van der Waals surface area contributed by atoms with Crippen molar-refractivity contribution in [1.29, 1.82) is 0 Å². The highest BCUT2D eigenvalue weighted by atomic mass is 32.2. The number of anilines is 2. The van der Waals surface area contributed by atoms with Crippen molar-refractivity contribution in [2.24, 2.45) is 0 Å². The molecule has 3 rings (SSSR count). The van der Waals surface area contributed by atoms with Gasteiger partial charge in [-0.25, -0.2) is 0 Å². The Morgan fingerprint density at radius 3 is 2.29 bits per heavy atom. The predicted molar refractivity (Wildman–Crippen MR) is 102 cm³/mol. The van der Waals surface area contributed by atoms with Crippen LogP contribution in [0.1, 0.15) is 25.3 Å².